The summed E-state index contributed by atoms with van der Waals surface area (Å²) in [6, 6.07) is 7.91. The van der Waals surface area contributed by atoms with Gasteiger partial charge >= 0.3 is 5.97 Å². The van der Waals surface area contributed by atoms with Crippen molar-refractivity contribution >= 4 is 5.97 Å². The zero-order valence-electron chi connectivity index (χ0n) is 11.4. The van der Waals surface area contributed by atoms with E-state index in [1.54, 1.807) is 7.11 Å². The second-order valence-corrected chi connectivity index (χ2v) is 4.33. The fourth-order valence-electron chi connectivity index (χ4n) is 1.63. The summed E-state index contributed by atoms with van der Waals surface area (Å²) in [5.74, 6) is 0.476. The zero-order chi connectivity index (χ0) is 13.5. The van der Waals surface area contributed by atoms with Gasteiger partial charge in [-0.1, -0.05) is 19.1 Å². The number of hydrogen-bond donors (Lipinski definition) is 1. The van der Waals surface area contributed by atoms with Crippen molar-refractivity contribution in [3.8, 4) is 5.75 Å². The standard InChI is InChI=1S/C14H21NO3/c1-10(14(16)18-4)11(2)15-9-12-6-5-7-13(8-12)17-3/h5-8,10-11,15H,9H2,1-4H3. The number of benzene rings is 1. The van der Waals surface area contributed by atoms with Crippen molar-refractivity contribution in [1.82, 2.24) is 5.32 Å². The van der Waals surface area contributed by atoms with Crippen LogP contribution in [0.25, 0.3) is 0 Å². The predicted octanol–water partition coefficient (Wildman–Crippen LogP) is 1.98. The molecule has 0 aliphatic heterocycles. The van der Waals surface area contributed by atoms with Gasteiger partial charge < -0.3 is 14.8 Å². The van der Waals surface area contributed by atoms with Crippen LogP contribution in [0.15, 0.2) is 24.3 Å². The summed E-state index contributed by atoms with van der Waals surface area (Å²) >= 11 is 0. The Morgan fingerprint density at radius 1 is 1.33 bits per heavy atom. The van der Waals surface area contributed by atoms with E-state index >= 15 is 0 Å². The fourth-order valence-corrected chi connectivity index (χ4v) is 1.63. The molecule has 2 atom stereocenters. The van der Waals surface area contributed by atoms with Gasteiger partial charge in [-0.3, -0.25) is 4.79 Å². The maximum absolute atomic E-state index is 11.4. The predicted molar refractivity (Wildman–Crippen MR) is 70.5 cm³/mol. The third-order valence-electron chi connectivity index (χ3n) is 3.09. The Balaban J connectivity index is 2.51. The first-order valence-electron chi connectivity index (χ1n) is 6.02. The molecule has 4 nitrogen and oxygen atoms in total. The minimum absolute atomic E-state index is 0.0589. The monoisotopic (exact) mass is 251 g/mol. The summed E-state index contributed by atoms with van der Waals surface area (Å²) in [4.78, 5) is 11.4. The van der Waals surface area contributed by atoms with E-state index in [4.69, 9.17) is 9.47 Å². The lowest BCUT2D eigenvalue weighted by Gasteiger charge is -2.19. The van der Waals surface area contributed by atoms with Crippen molar-refractivity contribution in [2.24, 2.45) is 5.92 Å². The average molecular weight is 251 g/mol. The Hall–Kier alpha value is -1.55. The molecule has 1 N–H and O–H groups in total. The molecule has 0 aliphatic carbocycles. The number of esters is 1. The van der Waals surface area contributed by atoms with Gasteiger partial charge in [0.15, 0.2) is 0 Å². The van der Waals surface area contributed by atoms with Gasteiger partial charge in [0.25, 0.3) is 0 Å². The molecular formula is C14H21NO3. The molecule has 1 rings (SSSR count). The summed E-state index contributed by atoms with van der Waals surface area (Å²) in [5.41, 5.74) is 1.12. The molecule has 0 radical (unpaired) electrons. The van der Waals surface area contributed by atoms with Crippen molar-refractivity contribution in [2.45, 2.75) is 26.4 Å². The normalized spacial score (nSPS) is 13.8. The quantitative estimate of drug-likeness (QED) is 0.785. The lowest BCUT2D eigenvalue weighted by molar-refractivity contribution is -0.145. The molecule has 2 unspecified atom stereocenters. The molecule has 0 saturated carbocycles. The van der Waals surface area contributed by atoms with Gasteiger partial charge in [-0.15, -0.1) is 0 Å². The van der Waals surface area contributed by atoms with E-state index in [2.05, 4.69) is 5.32 Å². The molecule has 1 aromatic carbocycles. The molecule has 4 heteroatoms. The van der Waals surface area contributed by atoms with Crippen LogP contribution in [-0.4, -0.2) is 26.2 Å². The highest BCUT2D eigenvalue weighted by molar-refractivity contribution is 5.72. The molecule has 0 heterocycles. The first kappa shape index (κ1) is 14.5. The fraction of sp³-hybridized carbons (Fsp3) is 0.500. The third kappa shape index (κ3) is 4.04. The lowest BCUT2D eigenvalue weighted by atomic mass is 10.0. The second-order valence-electron chi connectivity index (χ2n) is 4.33. The first-order valence-corrected chi connectivity index (χ1v) is 6.02. The summed E-state index contributed by atoms with van der Waals surface area (Å²) in [5, 5.41) is 3.31. The molecule has 0 spiro atoms. The Morgan fingerprint density at radius 2 is 2.06 bits per heavy atom. The summed E-state index contributed by atoms with van der Waals surface area (Å²) < 4.78 is 9.89. The van der Waals surface area contributed by atoms with E-state index in [-0.39, 0.29) is 17.9 Å². The summed E-state index contributed by atoms with van der Waals surface area (Å²) in [6.07, 6.45) is 0. The minimum Gasteiger partial charge on any atom is -0.497 e. The van der Waals surface area contributed by atoms with Crippen LogP contribution in [0.5, 0.6) is 5.75 Å². The number of hydrogen-bond acceptors (Lipinski definition) is 4. The molecular weight excluding hydrogens is 230 g/mol. The van der Waals surface area contributed by atoms with Gasteiger partial charge in [0.2, 0.25) is 0 Å². The highest BCUT2D eigenvalue weighted by atomic mass is 16.5. The number of methoxy groups -OCH3 is 2. The van der Waals surface area contributed by atoms with Crippen molar-refractivity contribution in [1.29, 1.82) is 0 Å². The molecule has 0 amide bonds. The van der Waals surface area contributed by atoms with Gasteiger partial charge in [-0.05, 0) is 24.6 Å². The molecule has 1 aromatic rings. The molecule has 18 heavy (non-hydrogen) atoms. The highest BCUT2D eigenvalue weighted by Gasteiger charge is 2.20. The molecule has 0 aromatic heterocycles. The molecule has 0 aliphatic rings. The van der Waals surface area contributed by atoms with Crippen molar-refractivity contribution in [2.75, 3.05) is 14.2 Å². The van der Waals surface area contributed by atoms with Gasteiger partial charge in [0.1, 0.15) is 5.75 Å². The van der Waals surface area contributed by atoms with Gasteiger partial charge in [0, 0.05) is 12.6 Å². The van der Waals surface area contributed by atoms with Crippen LogP contribution in [0.4, 0.5) is 0 Å². The van der Waals surface area contributed by atoms with Crippen LogP contribution >= 0.6 is 0 Å². The van der Waals surface area contributed by atoms with Crippen molar-refractivity contribution in [3.05, 3.63) is 29.8 Å². The average Bonchev–Trinajstić information content (AvgIpc) is 2.43. The van der Waals surface area contributed by atoms with E-state index in [0.29, 0.717) is 6.54 Å². The number of carbonyl (C=O) groups excluding carboxylic acids is 1. The Kier molecular flexibility index (Phi) is 5.65. The Morgan fingerprint density at radius 3 is 2.67 bits per heavy atom. The van der Waals surface area contributed by atoms with Gasteiger partial charge in [0.05, 0.1) is 20.1 Å². The van der Waals surface area contributed by atoms with Crippen LogP contribution in [0.1, 0.15) is 19.4 Å². The summed E-state index contributed by atoms with van der Waals surface area (Å²) in [7, 11) is 3.06. The van der Waals surface area contributed by atoms with Gasteiger partial charge in [-0.2, -0.15) is 0 Å². The van der Waals surface area contributed by atoms with Gasteiger partial charge in [-0.25, -0.2) is 0 Å². The smallest absolute Gasteiger partial charge is 0.309 e. The van der Waals surface area contributed by atoms with E-state index in [1.807, 2.05) is 38.1 Å². The third-order valence-corrected chi connectivity index (χ3v) is 3.09. The van der Waals surface area contributed by atoms with Crippen LogP contribution in [-0.2, 0) is 16.1 Å². The molecule has 100 valence electrons. The number of ether oxygens (including phenoxy) is 2. The molecule has 0 fully saturated rings. The van der Waals surface area contributed by atoms with Crippen LogP contribution < -0.4 is 10.1 Å². The molecule has 0 bridgehead atoms. The minimum atomic E-state index is -0.194. The van der Waals surface area contributed by atoms with Crippen LogP contribution in [0.3, 0.4) is 0 Å². The van der Waals surface area contributed by atoms with Crippen LogP contribution in [0, 0.1) is 5.92 Å². The maximum atomic E-state index is 11.4. The van der Waals surface area contributed by atoms with E-state index in [9.17, 15) is 4.79 Å². The summed E-state index contributed by atoms with van der Waals surface area (Å²) in [6.45, 7) is 4.52. The van der Waals surface area contributed by atoms with E-state index in [1.165, 1.54) is 7.11 Å². The van der Waals surface area contributed by atoms with E-state index in [0.717, 1.165) is 11.3 Å². The van der Waals surface area contributed by atoms with Crippen LogP contribution in [0.2, 0.25) is 0 Å². The van der Waals surface area contributed by atoms with Crippen molar-refractivity contribution < 1.29 is 14.3 Å². The highest BCUT2D eigenvalue weighted by Crippen LogP contribution is 2.13. The van der Waals surface area contributed by atoms with Crippen molar-refractivity contribution in [3.63, 3.8) is 0 Å². The Bertz CT molecular complexity index is 392. The number of rotatable bonds is 6. The van der Waals surface area contributed by atoms with E-state index < -0.39 is 0 Å². The first-order chi connectivity index (χ1) is 8.58. The molecule has 0 saturated heterocycles. The lowest BCUT2D eigenvalue weighted by Crippen LogP contribution is -2.36. The SMILES string of the molecule is COC(=O)C(C)C(C)NCc1cccc(OC)c1. The zero-order valence-corrected chi connectivity index (χ0v) is 11.4. The second kappa shape index (κ2) is 7.01. The largest absolute Gasteiger partial charge is 0.497 e. The topological polar surface area (TPSA) is 47.6 Å². The number of carbonyl (C=O) groups is 1. The Labute approximate surface area is 108 Å². The maximum Gasteiger partial charge on any atom is 0.309 e. The number of nitrogens with one attached hydrogen (secondary N) is 1.